The SMILES string of the molecule is CCC(C)c1ccc(C(NC(=O)Cc2ccc(S(=O)(=O)CC)cc2)c2cccs2)cc1. The van der Waals surface area contributed by atoms with Crippen LogP contribution in [0.1, 0.15) is 60.7 Å². The van der Waals surface area contributed by atoms with Gasteiger partial charge in [0.2, 0.25) is 5.91 Å². The molecule has 0 spiro atoms. The van der Waals surface area contributed by atoms with E-state index < -0.39 is 9.84 Å². The Morgan fingerprint density at radius 2 is 1.61 bits per heavy atom. The van der Waals surface area contributed by atoms with Crippen molar-refractivity contribution in [1.29, 1.82) is 0 Å². The highest BCUT2D eigenvalue weighted by atomic mass is 32.2. The third-order valence-corrected chi connectivity index (χ3v) is 8.30. The second kappa shape index (κ2) is 10.2. The van der Waals surface area contributed by atoms with Crippen molar-refractivity contribution in [3.05, 3.63) is 87.6 Å². The first-order valence-corrected chi connectivity index (χ1v) is 13.1. The number of amides is 1. The molecule has 2 atom stereocenters. The van der Waals surface area contributed by atoms with Crippen LogP contribution in [0.15, 0.2) is 70.9 Å². The predicted octanol–water partition coefficient (Wildman–Crippen LogP) is 5.50. The summed E-state index contributed by atoms with van der Waals surface area (Å²) in [5.41, 5.74) is 3.13. The fraction of sp³-hybridized carbons (Fsp3) is 0.320. The first-order valence-electron chi connectivity index (χ1n) is 10.6. The number of carbonyl (C=O) groups is 1. The van der Waals surface area contributed by atoms with Gasteiger partial charge in [-0.1, -0.05) is 63.2 Å². The molecule has 0 aliphatic heterocycles. The van der Waals surface area contributed by atoms with Crippen LogP contribution in [0.25, 0.3) is 0 Å². The second-order valence-electron chi connectivity index (χ2n) is 7.72. The summed E-state index contributed by atoms with van der Waals surface area (Å²) in [5.74, 6) is 0.462. The minimum atomic E-state index is -3.24. The number of nitrogens with one attached hydrogen (secondary N) is 1. The summed E-state index contributed by atoms with van der Waals surface area (Å²) >= 11 is 1.61. The lowest BCUT2D eigenvalue weighted by molar-refractivity contribution is -0.120. The summed E-state index contributed by atoms with van der Waals surface area (Å²) in [6.07, 6.45) is 1.28. The molecule has 0 aliphatic carbocycles. The fourth-order valence-corrected chi connectivity index (χ4v) is 5.09. The molecule has 0 radical (unpaired) electrons. The van der Waals surface area contributed by atoms with Crippen LogP contribution in [-0.2, 0) is 21.1 Å². The third kappa shape index (κ3) is 5.83. The molecule has 6 heteroatoms. The van der Waals surface area contributed by atoms with Gasteiger partial charge in [0, 0.05) is 4.88 Å². The Kier molecular flexibility index (Phi) is 7.68. The lowest BCUT2D eigenvalue weighted by atomic mass is 9.95. The van der Waals surface area contributed by atoms with E-state index in [1.54, 1.807) is 42.5 Å². The van der Waals surface area contributed by atoms with Crippen LogP contribution >= 0.6 is 11.3 Å². The number of hydrogen-bond donors (Lipinski definition) is 1. The highest BCUT2D eigenvalue weighted by Gasteiger charge is 2.19. The highest BCUT2D eigenvalue weighted by Crippen LogP contribution is 2.28. The Labute approximate surface area is 189 Å². The van der Waals surface area contributed by atoms with E-state index in [0.717, 1.165) is 22.4 Å². The predicted molar refractivity (Wildman–Crippen MR) is 127 cm³/mol. The lowest BCUT2D eigenvalue weighted by Gasteiger charge is -2.19. The van der Waals surface area contributed by atoms with Gasteiger partial charge in [-0.3, -0.25) is 4.79 Å². The molecule has 0 aliphatic rings. The zero-order valence-electron chi connectivity index (χ0n) is 18.2. The van der Waals surface area contributed by atoms with E-state index in [2.05, 4.69) is 43.4 Å². The largest absolute Gasteiger partial charge is 0.344 e. The lowest BCUT2D eigenvalue weighted by Crippen LogP contribution is -2.30. The van der Waals surface area contributed by atoms with Crippen molar-refractivity contribution in [2.24, 2.45) is 0 Å². The molecule has 164 valence electrons. The molecule has 1 aromatic heterocycles. The van der Waals surface area contributed by atoms with Gasteiger partial charge in [0.15, 0.2) is 9.84 Å². The van der Waals surface area contributed by atoms with Crippen molar-refractivity contribution in [2.45, 2.75) is 50.5 Å². The summed E-state index contributed by atoms with van der Waals surface area (Å²) in [6.45, 7) is 6.01. The van der Waals surface area contributed by atoms with Gasteiger partial charge < -0.3 is 5.32 Å². The summed E-state index contributed by atoms with van der Waals surface area (Å²) < 4.78 is 24.0. The standard InChI is InChI=1S/C25H29NO3S2/c1-4-18(3)20-10-12-21(13-11-20)25(23-7-6-16-30-23)26-24(27)17-19-8-14-22(15-9-19)31(28,29)5-2/h6-16,18,25H,4-5,17H2,1-3H3,(H,26,27). The first-order chi connectivity index (χ1) is 14.8. The maximum atomic E-state index is 12.8. The van der Waals surface area contributed by atoms with Gasteiger partial charge in [-0.05, 0) is 52.6 Å². The van der Waals surface area contributed by atoms with E-state index >= 15 is 0 Å². The molecule has 0 saturated heterocycles. The molecular formula is C25H29NO3S2. The smallest absolute Gasteiger partial charge is 0.225 e. The normalized spacial score (nSPS) is 13.5. The summed E-state index contributed by atoms with van der Waals surface area (Å²) in [6, 6.07) is 18.9. The van der Waals surface area contributed by atoms with Gasteiger partial charge in [0.1, 0.15) is 0 Å². The number of carbonyl (C=O) groups excluding carboxylic acids is 1. The van der Waals surface area contributed by atoms with E-state index in [0.29, 0.717) is 5.92 Å². The average Bonchev–Trinajstić information content (AvgIpc) is 3.32. The first kappa shape index (κ1) is 23.2. The summed E-state index contributed by atoms with van der Waals surface area (Å²) in [7, 11) is -3.24. The summed E-state index contributed by atoms with van der Waals surface area (Å²) in [4.78, 5) is 14.2. The quantitative estimate of drug-likeness (QED) is 0.463. The fourth-order valence-electron chi connectivity index (χ4n) is 3.41. The molecule has 1 heterocycles. The van der Waals surface area contributed by atoms with Gasteiger partial charge in [-0.15, -0.1) is 11.3 Å². The minimum absolute atomic E-state index is 0.0607. The molecule has 0 saturated carbocycles. The van der Waals surface area contributed by atoms with E-state index in [1.807, 2.05) is 17.5 Å². The molecule has 31 heavy (non-hydrogen) atoms. The molecular weight excluding hydrogens is 426 g/mol. The highest BCUT2D eigenvalue weighted by molar-refractivity contribution is 7.91. The monoisotopic (exact) mass is 455 g/mol. The van der Waals surface area contributed by atoms with Crippen LogP contribution in [0, 0.1) is 0 Å². The number of sulfone groups is 1. The Balaban J connectivity index is 1.75. The van der Waals surface area contributed by atoms with Gasteiger partial charge >= 0.3 is 0 Å². The molecule has 0 fully saturated rings. The Morgan fingerprint density at radius 1 is 0.968 bits per heavy atom. The number of benzene rings is 2. The van der Waals surface area contributed by atoms with Crippen LogP contribution in [-0.4, -0.2) is 20.1 Å². The van der Waals surface area contributed by atoms with Crippen LogP contribution < -0.4 is 5.32 Å². The van der Waals surface area contributed by atoms with E-state index in [-0.39, 0.29) is 29.0 Å². The van der Waals surface area contributed by atoms with Crippen molar-refractivity contribution in [3.8, 4) is 0 Å². The van der Waals surface area contributed by atoms with Crippen LogP contribution in [0.4, 0.5) is 0 Å². The maximum Gasteiger partial charge on any atom is 0.225 e. The van der Waals surface area contributed by atoms with Gasteiger partial charge in [0.25, 0.3) is 0 Å². The Morgan fingerprint density at radius 3 is 2.16 bits per heavy atom. The van der Waals surface area contributed by atoms with E-state index in [1.165, 1.54) is 5.56 Å². The molecule has 3 rings (SSSR count). The molecule has 0 bridgehead atoms. The van der Waals surface area contributed by atoms with Crippen molar-refractivity contribution < 1.29 is 13.2 Å². The van der Waals surface area contributed by atoms with Gasteiger partial charge in [-0.25, -0.2) is 8.42 Å². The van der Waals surface area contributed by atoms with E-state index in [9.17, 15) is 13.2 Å². The van der Waals surface area contributed by atoms with Crippen LogP contribution in [0.2, 0.25) is 0 Å². The number of rotatable bonds is 9. The third-order valence-electron chi connectivity index (χ3n) is 5.61. The Hall–Kier alpha value is -2.44. The number of hydrogen-bond acceptors (Lipinski definition) is 4. The number of thiophene rings is 1. The average molecular weight is 456 g/mol. The maximum absolute atomic E-state index is 12.8. The van der Waals surface area contributed by atoms with Gasteiger partial charge in [-0.2, -0.15) is 0 Å². The van der Waals surface area contributed by atoms with Crippen molar-refractivity contribution >= 4 is 27.1 Å². The molecule has 4 nitrogen and oxygen atoms in total. The van der Waals surface area contributed by atoms with Crippen molar-refractivity contribution in [2.75, 3.05) is 5.75 Å². The molecule has 2 unspecified atom stereocenters. The zero-order chi connectivity index (χ0) is 22.4. The second-order valence-corrected chi connectivity index (χ2v) is 11.0. The van der Waals surface area contributed by atoms with Crippen molar-refractivity contribution in [3.63, 3.8) is 0 Å². The van der Waals surface area contributed by atoms with Crippen molar-refractivity contribution in [1.82, 2.24) is 5.32 Å². The van der Waals surface area contributed by atoms with Gasteiger partial charge in [0.05, 0.1) is 23.1 Å². The topological polar surface area (TPSA) is 63.2 Å². The molecule has 2 aromatic carbocycles. The van der Waals surface area contributed by atoms with Crippen LogP contribution in [0.3, 0.4) is 0 Å². The van der Waals surface area contributed by atoms with E-state index in [4.69, 9.17) is 0 Å². The zero-order valence-corrected chi connectivity index (χ0v) is 19.8. The Bertz CT molecular complexity index is 1090. The molecule has 1 amide bonds. The van der Waals surface area contributed by atoms with Crippen LogP contribution in [0.5, 0.6) is 0 Å². The summed E-state index contributed by atoms with van der Waals surface area (Å²) in [5, 5.41) is 5.16. The molecule has 1 N–H and O–H groups in total. The molecule has 3 aromatic rings. The minimum Gasteiger partial charge on any atom is -0.344 e.